The number of aromatic hydroxyl groups is 1. The first-order valence-electron chi connectivity index (χ1n) is 7.11. The Kier molecular flexibility index (Phi) is 2.66. The van der Waals surface area contributed by atoms with Gasteiger partial charge in [0.25, 0.3) is 0 Å². The van der Waals surface area contributed by atoms with E-state index in [2.05, 4.69) is 22.8 Å². The third kappa shape index (κ3) is 1.77. The van der Waals surface area contributed by atoms with Crippen LogP contribution in [-0.4, -0.2) is 21.4 Å². The minimum absolute atomic E-state index is 0.224. The number of ether oxygens (including phenoxy) is 1. The van der Waals surface area contributed by atoms with Gasteiger partial charge in [0, 0.05) is 35.7 Å². The SMILES string of the molecule is COc1ccc2cn(-c3ccc4ccn(C)c4c3)c(O)c2c1. The van der Waals surface area contributed by atoms with Crippen LogP contribution in [0, 0.1) is 0 Å². The molecule has 4 heteroatoms. The van der Waals surface area contributed by atoms with E-state index in [4.69, 9.17) is 4.74 Å². The molecule has 0 fully saturated rings. The van der Waals surface area contributed by atoms with Gasteiger partial charge in [0.2, 0.25) is 5.88 Å². The van der Waals surface area contributed by atoms with Crippen LogP contribution in [-0.2, 0) is 7.05 Å². The van der Waals surface area contributed by atoms with Crippen LogP contribution < -0.4 is 4.74 Å². The van der Waals surface area contributed by atoms with Gasteiger partial charge in [0.15, 0.2) is 0 Å². The van der Waals surface area contributed by atoms with Gasteiger partial charge in [-0.05, 0) is 41.8 Å². The Morgan fingerprint density at radius 2 is 1.82 bits per heavy atom. The lowest BCUT2D eigenvalue weighted by Gasteiger charge is -2.06. The van der Waals surface area contributed by atoms with Crippen molar-refractivity contribution in [1.82, 2.24) is 9.13 Å². The number of hydrogen-bond acceptors (Lipinski definition) is 2. The van der Waals surface area contributed by atoms with Gasteiger partial charge < -0.3 is 14.4 Å². The van der Waals surface area contributed by atoms with E-state index in [1.807, 2.05) is 43.7 Å². The van der Waals surface area contributed by atoms with Gasteiger partial charge >= 0.3 is 0 Å². The maximum atomic E-state index is 10.6. The van der Waals surface area contributed by atoms with Crippen LogP contribution in [0.5, 0.6) is 11.6 Å². The first-order chi connectivity index (χ1) is 10.7. The Morgan fingerprint density at radius 1 is 1.00 bits per heavy atom. The summed E-state index contributed by atoms with van der Waals surface area (Å²) in [5.74, 6) is 0.959. The molecule has 2 aromatic carbocycles. The van der Waals surface area contributed by atoms with Crippen molar-refractivity contribution >= 4 is 21.7 Å². The van der Waals surface area contributed by atoms with Crippen molar-refractivity contribution in [3.05, 3.63) is 54.9 Å². The van der Waals surface area contributed by atoms with E-state index in [0.29, 0.717) is 0 Å². The molecule has 0 atom stereocenters. The quantitative estimate of drug-likeness (QED) is 0.610. The highest BCUT2D eigenvalue weighted by Gasteiger charge is 2.11. The Balaban J connectivity index is 1.95. The number of rotatable bonds is 2. The molecule has 0 amide bonds. The van der Waals surface area contributed by atoms with Crippen molar-refractivity contribution in [2.75, 3.05) is 7.11 Å². The molecule has 0 aliphatic rings. The fraction of sp³-hybridized carbons (Fsp3) is 0.111. The highest BCUT2D eigenvalue weighted by molar-refractivity contribution is 5.90. The van der Waals surface area contributed by atoms with E-state index in [9.17, 15) is 5.11 Å². The lowest BCUT2D eigenvalue weighted by molar-refractivity contribution is 0.414. The van der Waals surface area contributed by atoms with E-state index in [-0.39, 0.29) is 5.88 Å². The Morgan fingerprint density at radius 3 is 2.64 bits per heavy atom. The van der Waals surface area contributed by atoms with Crippen LogP contribution in [0.3, 0.4) is 0 Å². The molecule has 4 aromatic rings. The minimum Gasteiger partial charge on any atom is -0.497 e. The van der Waals surface area contributed by atoms with E-state index in [1.165, 1.54) is 5.39 Å². The van der Waals surface area contributed by atoms with Gasteiger partial charge in [-0.25, -0.2) is 0 Å². The topological polar surface area (TPSA) is 39.3 Å². The molecule has 4 nitrogen and oxygen atoms in total. The molecule has 22 heavy (non-hydrogen) atoms. The van der Waals surface area contributed by atoms with E-state index in [0.717, 1.165) is 27.7 Å². The summed E-state index contributed by atoms with van der Waals surface area (Å²) in [6.07, 6.45) is 3.97. The number of nitrogens with zero attached hydrogens (tertiary/aromatic N) is 2. The van der Waals surface area contributed by atoms with Crippen LogP contribution >= 0.6 is 0 Å². The Labute approximate surface area is 127 Å². The number of fused-ring (bicyclic) bond motifs is 2. The van der Waals surface area contributed by atoms with Crippen LogP contribution in [0.2, 0.25) is 0 Å². The molecular weight excluding hydrogens is 276 g/mol. The predicted octanol–water partition coefficient (Wildman–Crippen LogP) is 3.84. The lowest BCUT2D eigenvalue weighted by atomic mass is 10.2. The second-order valence-electron chi connectivity index (χ2n) is 5.45. The van der Waals surface area contributed by atoms with E-state index < -0.39 is 0 Å². The second kappa shape index (κ2) is 4.56. The first kappa shape index (κ1) is 12.8. The van der Waals surface area contributed by atoms with Gasteiger partial charge in [0.1, 0.15) is 5.75 Å². The zero-order valence-electron chi connectivity index (χ0n) is 12.4. The molecule has 0 radical (unpaired) electrons. The molecule has 2 aromatic heterocycles. The van der Waals surface area contributed by atoms with E-state index >= 15 is 0 Å². The summed E-state index contributed by atoms with van der Waals surface area (Å²) in [6, 6.07) is 13.9. The average molecular weight is 292 g/mol. The van der Waals surface area contributed by atoms with Gasteiger partial charge in [0.05, 0.1) is 12.8 Å². The highest BCUT2D eigenvalue weighted by atomic mass is 16.5. The van der Waals surface area contributed by atoms with Gasteiger partial charge in [-0.1, -0.05) is 6.07 Å². The van der Waals surface area contributed by atoms with Crippen molar-refractivity contribution in [3.63, 3.8) is 0 Å². The zero-order chi connectivity index (χ0) is 15.3. The van der Waals surface area contributed by atoms with Crippen molar-refractivity contribution in [2.45, 2.75) is 0 Å². The summed E-state index contributed by atoms with van der Waals surface area (Å²) in [4.78, 5) is 0. The standard InChI is InChI=1S/C18H16N2O2/c1-19-8-7-12-3-5-14(9-17(12)19)20-11-13-4-6-15(22-2)10-16(13)18(20)21/h3-11,21H,1-2H3. The van der Waals surface area contributed by atoms with Crippen molar-refractivity contribution in [2.24, 2.45) is 7.05 Å². The average Bonchev–Trinajstić information content (AvgIpc) is 3.08. The summed E-state index contributed by atoms with van der Waals surface area (Å²) in [6.45, 7) is 0. The molecule has 4 rings (SSSR count). The Bertz CT molecular complexity index is 995. The molecule has 0 aliphatic carbocycles. The molecule has 0 unspecified atom stereocenters. The number of aryl methyl sites for hydroxylation is 1. The minimum atomic E-state index is 0.224. The van der Waals surface area contributed by atoms with Crippen LogP contribution in [0.15, 0.2) is 54.9 Å². The fourth-order valence-corrected chi connectivity index (χ4v) is 2.90. The van der Waals surface area contributed by atoms with Gasteiger partial charge in [-0.15, -0.1) is 0 Å². The Hall–Kier alpha value is -2.88. The molecule has 0 saturated heterocycles. The molecule has 2 heterocycles. The highest BCUT2D eigenvalue weighted by Crippen LogP contribution is 2.33. The summed E-state index contributed by atoms with van der Waals surface area (Å²) in [5.41, 5.74) is 2.06. The number of aromatic nitrogens is 2. The molecule has 0 bridgehead atoms. The number of benzene rings is 2. The van der Waals surface area contributed by atoms with Crippen LogP contribution in [0.4, 0.5) is 0 Å². The smallest absolute Gasteiger partial charge is 0.203 e. The molecule has 0 aliphatic heterocycles. The molecule has 1 N–H and O–H groups in total. The molecule has 110 valence electrons. The molecule has 0 saturated carbocycles. The van der Waals surface area contributed by atoms with E-state index in [1.54, 1.807) is 11.7 Å². The van der Waals surface area contributed by atoms with Crippen molar-refractivity contribution in [1.29, 1.82) is 0 Å². The van der Waals surface area contributed by atoms with Gasteiger partial charge in [-0.3, -0.25) is 4.57 Å². The van der Waals surface area contributed by atoms with Gasteiger partial charge in [-0.2, -0.15) is 0 Å². The summed E-state index contributed by atoms with van der Waals surface area (Å²) in [7, 11) is 3.64. The lowest BCUT2D eigenvalue weighted by Crippen LogP contribution is -1.92. The first-order valence-corrected chi connectivity index (χ1v) is 7.11. The number of methoxy groups -OCH3 is 1. The maximum absolute atomic E-state index is 10.6. The summed E-state index contributed by atoms with van der Waals surface area (Å²) < 4.78 is 9.11. The zero-order valence-corrected chi connectivity index (χ0v) is 12.4. The van der Waals surface area contributed by atoms with Crippen LogP contribution in [0.1, 0.15) is 0 Å². The largest absolute Gasteiger partial charge is 0.497 e. The van der Waals surface area contributed by atoms with Crippen molar-refractivity contribution < 1.29 is 9.84 Å². The van der Waals surface area contributed by atoms with Crippen LogP contribution in [0.25, 0.3) is 27.4 Å². The third-order valence-corrected chi connectivity index (χ3v) is 4.15. The summed E-state index contributed by atoms with van der Waals surface area (Å²) in [5, 5.41) is 13.5. The molecule has 0 spiro atoms. The van der Waals surface area contributed by atoms with Crippen molar-refractivity contribution in [3.8, 4) is 17.3 Å². The monoisotopic (exact) mass is 292 g/mol. The summed E-state index contributed by atoms with van der Waals surface area (Å²) >= 11 is 0. The third-order valence-electron chi connectivity index (χ3n) is 4.15. The fourth-order valence-electron chi connectivity index (χ4n) is 2.90. The molecular formula is C18H16N2O2. The second-order valence-corrected chi connectivity index (χ2v) is 5.45. The normalized spacial score (nSPS) is 11.4. The number of hydrogen-bond donors (Lipinski definition) is 1. The predicted molar refractivity (Wildman–Crippen MR) is 88.0 cm³/mol. The maximum Gasteiger partial charge on any atom is 0.203 e.